The van der Waals surface area contributed by atoms with E-state index >= 15 is 0 Å². The summed E-state index contributed by atoms with van der Waals surface area (Å²) in [6.07, 6.45) is 6.71. The van der Waals surface area contributed by atoms with Crippen molar-refractivity contribution in [1.29, 1.82) is 0 Å². The molecule has 1 rings (SSSR count). The molecule has 4 heteroatoms. The molecule has 0 fully saturated rings. The fourth-order valence-corrected chi connectivity index (χ4v) is 19.4. The van der Waals surface area contributed by atoms with Crippen molar-refractivity contribution in [2.45, 2.75) is 72.7 Å². The summed E-state index contributed by atoms with van der Waals surface area (Å²) in [5.41, 5.74) is 12.2. The van der Waals surface area contributed by atoms with E-state index in [2.05, 4.69) is 50.0 Å². The Morgan fingerprint density at radius 3 is 2.13 bits per heavy atom. The second-order valence-corrected chi connectivity index (χ2v) is 19.9. The molecule has 0 heterocycles. The van der Waals surface area contributed by atoms with Crippen LogP contribution in [0.1, 0.15) is 58.4 Å². The molecular weight excluding hydrogens is 389 g/mol. The van der Waals surface area contributed by atoms with Gasteiger partial charge in [-0.15, -0.1) is 0 Å². The maximum atomic E-state index is 5.48. The maximum absolute atomic E-state index is 5.48. The van der Waals surface area contributed by atoms with E-state index in [0.29, 0.717) is 6.54 Å². The van der Waals surface area contributed by atoms with Crippen molar-refractivity contribution in [3.05, 3.63) is 29.8 Å². The van der Waals surface area contributed by atoms with Crippen molar-refractivity contribution >= 4 is 27.9 Å². The Morgan fingerprint density at radius 1 is 0.957 bits per heavy atom. The Balaban J connectivity index is 3.11. The minimum absolute atomic E-state index is 0.177. The van der Waals surface area contributed by atoms with Gasteiger partial charge in [0.1, 0.15) is 0 Å². The summed E-state index contributed by atoms with van der Waals surface area (Å²) < 4.78 is 6.14. The third-order valence-corrected chi connectivity index (χ3v) is 20.8. The summed E-state index contributed by atoms with van der Waals surface area (Å²) in [6, 6.07) is 9.18. The zero-order valence-corrected chi connectivity index (χ0v) is 18.1. The van der Waals surface area contributed by atoms with Gasteiger partial charge in [-0.2, -0.15) is 0 Å². The van der Waals surface area contributed by atoms with E-state index in [-0.39, 0.29) is 5.96 Å². The van der Waals surface area contributed by atoms with Crippen molar-refractivity contribution in [2.75, 3.05) is 0 Å². The van der Waals surface area contributed by atoms with E-state index in [9.17, 15) is 0 Å². The van der Waals surface area contributed by atoms with E-state index in [1.807, 2.05) is 0 Å². The average Bonchev–Trinajstić information content (AvgIpc) is 2.56. The van der Waals surface area contributed by atoms with Crippen LogP contribution in [0.25, 0.3) is 0 Å². The summed E-state index contributed by atoms with van der Waals surface area (Å²) >= 11 is -2.30. The Morgan fingerprint density at radius 2 is 1.61 bits per heavy atom. The number of hydrogen-bond acceptors (Lipinski definition) is 1. The van der Waals surface area contributed by atoms with Gasteiger partial charge in [0.2, 0.25) is 0 Å². The van der Waals surface area contributed by atoms with Gasteiger partial charge in [0.25, 0.3) is 0 Å². The number of unbranched alkanes of at least 4 members (excludes halogenated alkanes) is 2. The predicted molar refractivity (Wildman–Crippen MR) is 106 cm³/mol. The summed E-state index contributed by atoms with van der Waals surface area (Å²) in [4.78, 5) is 4.18. The van der Waals surface area contributed by atoms with Crippen LogP contribution in [0.2, 0.25) is 13.3 Å². The molecule has 23 heavy (non-hydrogen) atoms. The van der Waals surface area contributed by atoms with Gasteiger partial charge in [0.15, 0.2) is 0 Å². The van der Waals surface area contributed by atoms with E-state index < -0.39 is 18.4 Å². The molecule has 0 aliphatic carbocycles. The molecule has 0 aliphatic heterocycles. The van der Waals surface area contributed by atoms with E-state index in [1.54, 1.807) is 3.58 Å². The van der Waals surface area contributed by atoms with Gasteiger partial charge in [-0.25, -0.2) is 0 Å². The molecule has 1 aromatic carbocycles. The SMILES string of the molecule is CCC[CH2][Sn]([CH2]CC)([CH2]CCC)[c]1cccc(CN=C(N)N)c1. The van der Waals surface area contributed by atoms with E-state index in [4.69, 9.17) is 11.5 Å². The van der Waals surface area contributed by atoms with Crippen LogP contribution in [0.4, 0.5) is 0 Å². The van der Waals surface area contributed by atoms with Crippen LogP contribution in [-0.4, -0.2) is 24.3 Å². The Bertz CT molecular complexity index is 473. The van der Waals surface area contributed by atoms with Crippen molar-refractivity contribution in [1.82, 2.24) is 0 Å². The van der Waals surface area contributed by atoms with Crippen LogP contribution in [0.5, 0.6) is 0 Å². The Kier molecular flexibility index (Phi) is 9.68. The van der Waals surface area contributed by atoms with Crippen LogP contribution in [0, 0.1) is 0 Å². The molecule has 0 unspecified atom stereocenters. The van der Waals surface area contributed by atoms with Crippen LogP contribution in [0.15, 0.2) is 29.3 Å². The number of nitrogens with two attached hydrogens (primary N) is 2. The molecule has 130 valence electrons. The molecule has 0 amide bonds. The van der Waals surface area contributed by atoms with Gasteiger partial charge < -0.3 is 0 Å². The first-order valence-corrected chi connectivity index (χ1v) is 16.7. The number of hydrogen-bond donors (Lipinski definition) is 2. The minimum atomic E-state index is -2.30. The first-order chi connectivity index (χ1) is 11.1. The molecule has 1 aromatic rings. The number of aliphatic imine (C=N–C) groups is 1. The van der Waals surface area contributed by atoms with Crippen LogP contribution < -0.4 is 15.0 Å². The van der Waals surface area contributed by atoms with E-state index in [0.717, 1.165) is 0 Å². The van der Waals surface area contributed by atoms with Crippen molar-refractivity contribution in [3.63, 3.8) is 0 Å². The molecule has 0 radical (unpaired) electrons. The van der Waals surface area contributed by atoms with Gasteiger partial charge in [-0.3, -0.25) is 0 Å². The molecule has 0 aliphatic rings. The topological polar surface area (TPSA) is 64.4 Å². The number of nitrogens with zero attached hydrogens (tertiary/aromatic N) is 1. The molecule has 3 nitrogen and oxygen atoms in total. The molecule has 0 spiro atoms. The summed E-state index contributed by atoms with van der Waals surface area (Å²) in [6.45, 7) is 7.59. The third kappa shape index (κ3) is 6.74. The number of rotatable bonds is 11. The Labute approximate surface area is 146 Å². The van der Waals surface area contributed by atoms with Crippen molar-refractivity contribution in [3.8, 4) is 0 Å². The molecular formula is C19H35N3Sn. The molecule has 0 saturated heterocycles. The molecule has 0 atom stereocenters. The van der Waals surface area contributed by atoms with Gasteiger partial charge in [0.05, 0.1) is 0 Å². The quantitative estimate of drug-likeness (QED) is 0.319. The second kappa shape index (κ2) is 11.0. The first-order valence-electron chi connectivity index (χ1n) is 9.22. The standard InChI is InChI=1S/C8H10N3.2C4H9.C3H7.Sn/c9-8(10)11-6-7-4-2-1-3-5-7;2*1-3-4-2;1-3-2;/h1-2,4-5H,6H2,(H4,9,10,11);2*1,3-4H2,2H3;1,3H2,2H3;. The van der Waals surface area contributed by atoms with Crippen LogP contribution in [-0.2, 0) is 6.54 Å². The number of benzene rings is 1. The average molecular weight is 424 g/mol. The number of guanidine groups is 1. The van der Waals surface area contributed by atoms with Crippen LogP contribution in [0.3, 0.4) is 0 Å². The van der Waals surface area contributed by atoms with Crippen LogP contribution >= 0.6 is 0 Å². The first kappa shape index (κ1) is 20.3. The van der Waals surface area contributed by atoms with Gasteiger partial charge >= 0.3 is 147 Å². The zero-order valence-electron chi connectivity index (χ0n) is 15.3. The summed E-state index contributed by atoms with van der Waals surface area (Å²) in [5.74, 6) is 0.177. The molecule has 0 saturated carbocycles. The predicted octanol–water partition coefficient (Wildman–Crippen LogP) is 4.13. The van der Waals surface area contributed by atoms with E-state index in [1.165, 1.54) is 51.0 Å². The summed E-state index contributed by atoms with van der Waals surface area (Å²) in [5, 5.41) is 0. The summed E-state index contributed by atoms with van der Waals surface area (Å²) in [7, 11) is 0. The second-order valence-electron chi connectivity index (χ2n) is 6.68. The molecule has 0 aromatic heterocycles. The molecule has 4 N–H and O–H groups in total. The third-order valence-electron chi connectivity index (χ3n) is 4.73. The fraction of sp³-hybridized carbons (Fsp3) is 0.632. The monoisotopic (exact) mass is 425 g/mol. The van der Waals surface area contributed by atoms with Crippen molar-refractivity contribution in [2.24, 2.45) is 16.5 Å². The van der Waals surface area contributed by atoms with Crippen molar-refractivity contribution < 1.29 is 0 Å². The Hall–Kier alpha value is -0.711. The normalized spacial score (nSPS) is 11.4. The van der Waals surface area contributed by atoms with Gasteiger partial charge in [-0.05, 0) is 0 Å². The zero-order chi connectivity index (χ0) is 17.1. The molecule has 0 bridgehead atoms. The van der Waals surface area contributed by atoms with Gasteiger partial charge in [-0.1, -0.05) is 0 Å². The van der Waals surface area contributed by atoms with Gasteiger partial charge in [0, 0.05) is 0 Å². The fourth-order valence-electron chi connectivity index (χ4n) is 3.50.